The van der Waals surface area contributed by atoms with Crippen LogP contribution in [0.3, 0.4) is 0 Å². The van der Waals surface area contributed by atoms with E-state index in [0.29, 0.717) is 35.8 Å². The predicted molar refractivity (Wildman–Crippen MR) is 136 cm³/mol. The van der Waals surface area contributed by atoms with Crippen LogP contribution >= 0.6 is 11.6 Å². The van der Waals surface area contributed by atoms with Gasteiger partial charge in [0.25, 0.3) is 5.91 Å². The van der Waals surface area contributed by atoms with Gasteiger partial charge in [0, 0.05) is 24.5 Å². The van der Waals surface area contributed by atoms with Crippen LogP contribution in [0.4, 0.5) is 4.79 Å². The summed E-state index contributed by atoms with van der Waals surface area (Å²) in [6, 6.07) is 15.2. The molecule has 2 N–H and O–H groups in total. The summed E-state index contributed by atoms with van der Waals surface area (Å²) in [5, 5.41) is 6.55. The minimum atomic E-state index is -0.700. The van der Waals surface area contributed by atoms with E-state index in [0.717, 1.165) is 11.1 Å². The number of rotatable bonds is 8. The lowest BCUT2D eigenvalue weighted by Gasteiger charge is -2.32. The molecule has 2 aliphatic rings. The predicted octanol–water partition coefficient (Wildman–Crippen LogP) is 3.91. The van der Waals surface area contributed by atoms with E-state index < -0.39 is 12.1 Å². The molecule has 8 heteroatoms. The Morgan fingerprint density at radius 2 is 1.80 bits per heavy atom. The van der Waals surface area contributed by atoms with Gasteiger partial charge in [0.15, 0.2) is 0 Å². The van der Waals surface area contributed by atoms with Crippen molar-refractivity contribution >= 4 is 29.4 Å². The fraction of sp³-hybridized carbons (Fsp3) is 0.370. The first-order valence-electron chi connectivity index (χ1n) is 12.0. The largest absolute Gasteiger partial charge is 0.354 e. The van der Waals surface area contributed by atoms with Crippen molar-refractivity contribution in [2.75, 3.05) is 19.6 Å². The van der Waals surface area contributed by atoms with Gasteiger partial charge in [-0.2, -0.15) is 0 Å². The first-order chi connectivity index (χ1) is 16.8. The molecule has 2 aliphatic heterocycles. The van der Waals surface area contributed by atoms with Gasteiger partial charge in [0.2, 0.25) is 5.91 Å². The topological polar surface area (TPSA) is 81.8 Å². The van der Waals surface area contributed by atoms with E-state index in [-0.39, 0.29) is 30.3 Å². The molecule has 4 amide bonds. The van der Waals surface area contributed by atoms with Crippen molar-refractivity contribution in [3.8, 4) is 0 Å². The smallest absolute Gasteiger partial charge is 0.322 e. The van der Waals surface area contributed by atoms with Gasteiger partial charge in [0.1, 0.15) is 6.04 Å². The van der Waals surface area contributed by atoms with Gasteiger partial charge >= 0.3 is 6.03 Å². The van der Waals surface area contributed by atoms with Crippen LogP contribution in [-0.2, 0) is 16.0 Å². The summed E-state index contributed by atoms with van der Waals surface area (Å²) in [4.78, 5) is 43.4. The second-order valence-corrected chi connectivity index (χ2v) is 9.75. The lowest BCUT2D eigenvalue weighted by Crippen LogP contribution is -2.50. The minimum absolute atomic E-state index is 0.193. The van der Waals surface area contributed by atoms with Crippen LogP contribution in [-0.4, -0.2) is 53.3 Å². The molecule has 2 atom stereocenters. The number of nitrogens with one attached hydrogen (secondary N) is 2. The molecule has 35 heavy (non-hydrogen) atoms. The van der Waals surface area contributed by atoms with Crippen LogP contribution in [0.2, 0.25) is 5.02 Å². The Morgan fingerprint density at radius 1 is 1.11 bits per heavy atom. The number of nitrogens with zero attached hydrogens (tertiary/aromatic N) is 2. The molecule has 0 bridgehead atoms. The van der Waals surface area contributed by atoms with Crippen molar-refractivity contribution in [2.24, 2.45) is 5.92 Å². The summed E-state index contributed by atoms with van der Waals surface area (Å²) in [5.74, 6) is -0.149. The number of halogens is 1. The molecule has 0 aromatic heterocycles. The number of benzene rings is 2. The Balaban J connectivity index is 1.70. The Morgan fingerprint density at radius 3 is 2.43 bits per heavy atom. The van der Waals surface area contributed by atoms with Gasteiger partial charge in [-0.05, 0) is 36.1 Å². The molecule has 7 nitrogen and oxygen atoms in total. The molecule has 2 heterocycles. The van der Waals surface area contributed by atoms with E-state index in [1.807, 2.05) is 63.2 Å². The Hall–Kier alpha value is -3.32. The summed E-state index contributed by atoms with van der Waals surface area (Å²) >= 11 is 6.07. The Bertz CT molecular complexity index is 1130. The Kier molecular flexibility index (Phi) is 7.45. The third kappa shape index (κ3) is 5.20. The molecule has 2 aromatic carbocycles. The number of likely N-dealkylation sites (N-methyl/N-ethyl adjacent to an activating group) is 1. The number of carbonyl (C=O) groups is 3. The maximum atomic E-state index is 13.9. The van der Waals surface area contributed by atoms with Crippen molar-refractivity contribution in [3.63, 3.8) is 0 Å². The highest BCUT2D eigenvalue weighted by Crippen LogP contribution is 2.37. The molecule has 0 saturated carbocycles. The maximum absolute atomic E-state index is 13.9. The lowest BCUT2D eigenvalue weighted by atomic mass is 9.95. The van der Waals surface area contributed by atoms with Crippen molar-refractivity contribution in [1.29, 1.82) is 0 Å². The second kappa shape index (κ2) is 10.5. The highest BCUT2D eigenvalue weighted by Gasteiger charge is 2.46. The monoisotopic (exact) mass is 494 g/mol. The van der Waals surface area contributed by atoms with Gasteiger partial charge in [-0.1, -0.05) is 67.9 Å². The average Bonchev–Trinajstić information content (AvgIpc) is 3.18. The van der Waals surface area contributed by atoms with Gasteiger partial charge in [-0.15, -0.1) is 0 Å². The molecule has 0 radical (unpaired) electrons. The molecule has 2 aromatic rings. The molecule has 4 rings (SSSR count). The maximum Gasteiger partial charge on any atom is 0.322 e. The average molecular weight is 495 g/mol. The zero-order chi connectivity index (χ0) is 25.1. The molecule has 2 unspecified atom stereocenters. The number of hydrogen-bond donors (Lipinski definition) is 2. The van der Waals surface area contributed by atoms with E-state index >= 15 is 0 Å². The van der Waals surface area contributed by atoms with Crippen LogP contribution in [0.1, 0.15) is 37.9 Å². The van der Waals surface area contributed by atoms with E-state index in [1.54, 1.807) is 21.9 Å². The van der Waals surface area contributed by atoms with Gasteiger partial charge < -0.3 is 15.5 Å². The fourth-order valence-corrected chi connectivity index (χ4v) is 4.74. The van der Waals surface area contributed by atoms with Gasteiger partial charge in [-0.3, -0.25) is 14.5 Å². The van der Waals surface area contributed by atoms with E-state index in [2.05, 4.69) is 10.6 Å². The molecular weight excluding hydrogens is 464 g/mol. The first kappa shape index (κ1) is 24.8. The SMILES string of the molecule is CCN1C(=O)NC(c2ccc(Cl)cc2)C2=C1CN(C(Cc1ccccc1)C(=O)NCC(C)C)C2=O. The highest BCUT2D eigenvalue weighted by molar-refractivity contribution is 6.30. The van der Waals surface area contributed by atoms with Crippen LogP contribution in [0.15, 0.2) is 65.9 Å². The third-order valence-electron chi connectivity index (χ3n) is 6.40. The summed E-state index contributed by atoms with van der Waals surface area (Å²) in [6.45, 7) is 7.07. The molecule has 0 spiro atoms. The van der Waals surface area contributed by atoms with E-state index in [9.17, 15) is 14.4 Å². The molecule has 0 aliphatic carbocycles. The molecule has 0 fully saturated rings. The number of hydrogen-bond acceptors (Lipinski definition) is 3. The van der Waals surface area contributed by atoms with Crippen LogP contribution in [0.25, 0.3) is 0 Å². The van der Waals surface area contributed by atoms with Crippen molar-refractivity contribution < 1.29 is 14.4 Å². The number of amides is 4. The first-order valence-corrected chi connectivity index (χ1v) is 12.4. The molecule has 184 valence electrons. The molecule has 0 saturated heterocycles. The third-order valence-corrected chi connectivity index (χ3v) is 6.66. The molecular formula is C27H31ClN4O3. The van der Waals surface area contributed by atoms with Crippen LogP contribution in [0, 0.1) is 5.92 Å². The summed E-state index contributed by atoms with van der Waals surface area (Å²) in [7, 11) is 0. The summed E-state index contributed by atoms with van der Waals surface area (Å²) < 4.78 is 0. The van der Waals surface area contributed by atoms with Crippen LogP contribution < -0.4 is 10.6 Å². The zero-order valence-electron chi connectivity index (χ0n) is 20.3. The number of urea groups is 1. The zero-order valence-corrected chi connectivity index (χ0v) is 21.0. The number of carbonyl (C=O) groups excluding carboxylic acids is 3. The quantitative estimate of drug-likeness (QED) is 0.584. The van der Waals surface area contributed by atoms with E-state index in [4.69, 9.17) is 11.6 Å². The van der Waals surface area contributed by atoms with Crippen molar-refractivity contribution in [3.05, 3.63) is 82.0 Å². The minimum Gasteiger partial charge on any atom is -0.354 e. The van der Waals surface area contributed by atoms with Crippen molar-refractivity contribution in [1.82, 2.24) is 20.4 Å². The van der Waals surface area contributed by atoms with Crippen LogP contribution in [0.5, 0.6) is 0 Å². The van der Waals surface area contributed by atoms with E-state index in [1.165, 1.54) is 0 Å². The van der Waals surface area contributed by atoms with Gasteiger partial charge in [0.05, 0.1) is 23.9 Å². The normalized spacial score (nSPS) is 18.6. The lowest BCUT2D eigenvalue weighted by molar-refractivity contribution is -0.136. The second-order valence-electron chi connectivity index (χ2n) is 9.32. The van der Waals surface area contributed by atoms with Crippen molar-refractivity contribution in [2.45, 2.75) is 39.3 Å². The highest BCUT2D eigenvalue weighted by atomic mass is 35.5. The standard InChI is InChI=1S/C27H31ClN4O3/c1-4-31-22-16-32(21(25(33)29-15-17(2)3)14-18-8-6-5-7-9-18)26(34)23(22)24(30-27(31)35)19-10-12-20(28)13-11-19/h5-13,17,21,24H,4,14-16H2,1-3H3,(H,29,33)(H,30,35). The van der Waals surface area contributed by atoms with Gasteiger partial charge in [-0.25, -0.2) is 4.79 Å². The summed E-state index contributed by atoms with van der Waals surface area (Å²) in [5.41, 5.74) is 2.88. The Labute approximate surface area is 211 Å². The summed E-state index contributed by atoms with van der Waals surface area (Å²) in [6.07, 6.45) is 0.385. The fourth-order valence-electron chi connectivity index (χ4n) is 4.61.